The van der Waals surface area contributed by atoms with Gasteiger partial charge in [-0.25, -0.2) is 19.4 Å². The van der Waals surface area contributed by atoms with Gasteiger partial charge < -0.3 is 5.11 Å². The number of aromatic nitrogens is 4. The van der Waals surface area contributed by atoms with Crippen LogP contribution in [0.25, 0.3) is 11.1 Å². The van der Waals surface area contributed by atoms with Crippen LogP contribution in [0.15, 0.2) is 42.6 Å². The van der Waals surface area contributed by atoms with E-state index in [2.05, 4.69) is 23.5 Å². The normalized spacial score (nSPS) is 11.0. The zero-order chi connectivity index (χ0) is 20.6. The van der Waals surface area contributed by atoms with Gasteiger partial charge >= 0.3 is 5.97 Å². The van der Waals surface area contributed by atoms with Crippen molar-refractivity contribution >= 4 is 5.97 Å². The Balaban J connectivity index is 1.80. The predicted octanol–water partition coefficient (Wildman–Crippen LogP) is 4.77. The summed E-state index contributed by atoms with van der Waals surface area (Å²) in [6.07, 6.45) is 7.61. The van der Waals surface area contributed by atoms with Gasteiger partial charge in [-0.15, -0.1) is 0 Å². The molecule has 0 fully saturated rings. The van der Waals surface area contributed by atoms with E-state index in [9.17, 15) is 9.90 Å². The van der Waals surface area contributed by atoms with Gasteiger partial charge in [0.15, 0.2) is 11.5 Å². The molecule has 2 aromatic heterocycles. The monoisotopic (exact) mass is 392 g/mol. The Hall–Kier alpha value is -3.02. The minimum Gasteiger partial charge on any atom is -0.476 e. The third-order valence-corrected chi connectivity index (χ3v) is 4.88. The topological polar surface area (TPSA) is 80.9 Å². The average Bonchev–Trinajstić information content (AvgIpc) is 3.10. The van der Waals surface area contributed by atoms with Crippen molar-refractivity contribution in [3.05, 3.63) is 65.5 Å². The standard InChI is InChI=1S/C23H28N4O2/c1-3-5-6-15-27-21(25-20(26-27)8-4-2)16-17-10-12-18(13-11-17)19-9-7-14-24-22(19)23(28)29/h7,9-14H,3-6,8,15-16H2,1-2H3,(H,28,29). The van der Waals surface area contributed by atoms with Gasteiger partial charge in [0.1, 0.15) is 5.82 Å². The lowest BCUT2D eigenvalue weighted by Crippen LogP contribution is -2.07. The Kier molecular flexibility index (Phi) is 7.11. The van der Waals surface area contributed by atoms with Gasteiger partial charge in [0.05, 0.1) is 0 Å². The van der Waals surface area contributed by atoms with E-state index in [1.165, 1.54) is 19.0 Å². The molecule has 3 aromatic rings. The van der Waals surface area contributed by atoms with Crippen LogP contribution in [0.2, 0.25) is 0 Å². The maximum absolute atomic E-state index is 11.4. The van der Waals surface area contributed by atoms with Crippen LogP contribution < -0.4 is 0 Å². The molecular weight excluding hydrogens is 364 g/mol. The number of unbranched alkanes of at least 4 members (excludes halogenated alkanes) is 2. The predicted molar refractivity (Wildman–Crippen MR) is 113 cm³/mol. The Morgan fingerprint density at radius 2 is 1.86 bits per heavy atom. The zero-order valence-corrected chi connectivity index (χ0v) is 17.1. The van der Waals surface area contributed by atoms with Crippen molar-refractivity contribution in [2.24, 2.45) is 0 Å². The molecule has 1 aromatic carbocycles. The number of aromatic carboxylic acids is 1. The molecule has 0 aliphatic carbocycles. The number of aryl methyl sites for hydroxylation is 2. The molecule has 0 unspecified atom stereocenters. The quantitative estimate of drug-likeness (QED) is 0.503. The number of nitrogens with zero attached hydrogens (tertiary/aromatic N) is 4. The van der Waals surface area contributed by atoms with Gasteiger partial charge in [-0.1, -0.05) is 57.0 Å². The highest BCUT2D eigenvalue weighted by Crippen LogP contribution is 2.23. The fourth-order valence-corrected chi connectivity index (χ4v) is 3.37. The van der Waals surface area contributed by atoms with E-state index < -0.39 is 5.97 Å². The van der Waals surface area contributed by atoms with Crippen LogP contribution in [-0.4, -0.2) is 30.8 Å². The number of rotatable bonds is 10. The molecule has 0 atom stereocenters. The van der Waals surface area contributed by atoms with Gasteiger partial charge in [0, 0.05) is 31.1 Å². The van der Waals surface area contributed by atoms with Gasteiger partial charge in [-0.2, -0.15) is 5.10 Å². The van der Waals surface area contributed by atoms with Gasteiger partial charge in [0.2, 0.25) is 0 Å². The summed E-state index contributed by atoms with van der Waals surface area (Å²) in [6, 6.07) is 11.5. The Labute approximate surface area is 171 Å². The second-order valence-electron chi connectivity index (χ2n) is 7.20. The lowest BCUT2D eigenvalue weighted by Gasteiger charge is -2.08. The van der Waals surface area contributed by atoms with E-state index in [-0.39, 0.29) is 5.69 Å². The molecule has 0 amide bonds. The SMILES string of the molecule is CCCCCn1nc(CCC)nc1Cc1ccc(-c2cccnc2C(=O)O)cc1. The van der Waals surface area contributed by atoms with Crippen LogP contribution in [0.4, 0.5) is 0 Å². The fraction of sp³-hybridized carbons (Fsp3) is 0.391. The zero-order valence-electron chi connectivity index (χ0n) is 17.1. The van der Waals surface area contributed by atoms with Crippen LogP contribution in [0.3, 0.4) is 0 Å². The van der Waals surface area contributed by atoms with E-state index in [4.69, 9.17) is 10.1 Å². The first-order chi connectivity index (χ1) is 14.1. The van der Waals surface area contributed by atoms with E-state index in [0.29, 0.717) is 12.0 Å². The van der Waals surface area contributed by atoms with Crippen LogP contribution >= 0.6 is 0 Å². The minimum atomic E-state index is -1.02. The molecule has 0 aliphatic rings. The Morgan fingerprint density at radius 1 is 1.07 bits per heavy atom. The molecule has 0 saturated carbocycles. The van der Waals surface area contributed by atoms with E-state index in [0.717, 1.165) is 48.6 Å². The molecule has 1 N–H and O–H groups in total. The van der Waals surface area contributed by atoms with Gasteiger partial charge in [-0.05, 0) is 30.0 Å². The van der Waals surface area contributed by atoms with Crippen LogP contribution in [0.5, 0.6) is 0 Å². The van der Waals surface area contributed by atoms with Gasteiger partial charge in [-0.3, -0.25) is 0 Å². The van der Waals surface area contributed by atoms with Crippen molar-refractivity contribution in [2.75, 3.05) is 0 Å². The van der Waals surface area contributed by atoms with Crippen molar-refractivity contribution in [3.63, 3.8) is 0 Å². The molecule has 0 aliphatic heterocycles. The molecule has 0 bridgehead atoms. The highest BCUT2D eigenvalue weighted by Gasteiger charge is 2.14. The highest BCUT2D eigenvalue weighted by molar-refractivity contribution is 5.93. The summed E-state index contributed by atoms with van der Waals surface area (Å²) in [5.41, 5.74) is 2.66. The minimum absolute atomic E-state index is 0.0696. The maximum atomic E-state index is 11.4. The lowest BCUT2D eigenvalue weighted by molar-refractivity contribution is 0.0691. The average molecular weight is 393 g/mol. The first-order valence-electron chi connectivity index (χ1n) is 10.3. The molecule has 3 rings (SSSR count). The molecule has 29 heavy (non-hydrogen) atoms. The number of pyridine rings is 1. The number of carbonyl (C=O) groups is 1. The third kappa shape index (κ3) is 5.28. The lowest BCUT2D eigenvalue weighted by atomic mass is 10.0. The molecule has 152 valence electrons. The summed E-state index contributed by atoms with van der Waals surface area (Å²) >= 11 is 0. The molecule has 0 radical (unpaired) electrons. The number of benzene rings is 1. The number of hydrogen-bond donors (Lipinski definition) is 1. The second-order valence-corrected chi connectivity index (χ2v) is 7.20. The Morgan fingerprint density at radius 3 is 2.55 bits per heavy atom. The van der Waals surface area contributed by atoms with Crippen molar-refractivity contribution in [1.82, 2.24) is 19.7 Å². The van der Waals surface area contributed by atoms with Crippen molar-refractivity contribution in [1.29, 1.82) is 0 Å². The molecule has 6 heteroatoms. The summed E-state index contributed by atoms with van der Waals surface area (Å²) in [4.78, 5) is 20.2. The molecule has 2 heterocycles. The largest absolute Gasteiger partial charge is 0.476 e. The van der Waals surface area contributed by atoms with E-state index in [1.54, 1.807) is 12.1 Å². The van der Waals surface area contributed by atoms with E-state index >= 15 is 0 Å². The third-order valence-electron chi connectivity index (χ3n) is 4.88. The summed E-state index contributed by atoms with van der Waals surface area (Å²) in [5, 5.41) is 14.1. The number of hydrogen-bond acceptors (Lipinski definition) is 4. The van der Waals surface area contributed by atoms with Crippen LogP contribution in [0, 0.1) is 0 Å². The Bertz CT molecular complexity index is 948. The summed E-state index contributed by atoms with van der Waals surface area (Å²) < 4.78 is 2.05. The summed E-state index contributed by atoms with van der Waals surface area (Å²) in [6.45, 7) is 5.24. The first-order valence-corrected chi connectivity index (χ1v) is 10.3. The van der Waals surface area contributed by atoms with Crippen molar-refractivity contribution < 1.29 is 9.90 Å². The fourth-order valence-electron chi connectivity index (χ4n) is 3.37. The summed E-state index contributed by atoms with van der Waals surface area (Å²) in [7, 11) is 0. The summed E-state index contributed by atoms with van der Waals surface area (Å²) in [5.74, 6) is 0.885. The van der Waals surface area contributed by atoms with Crippen LogP contribution in [0.1, 0.15) is 67.2 Å². The highest BCUT2D eigenvalue weighted by atomic mass is 16.4. The molecular formula is C23H28N4O2. The van der Waals surface area contributed by atoms with E-state index in [1.807, 2.05) is 24.3 Å². The second kappa shape index (κ2) is 9.96. The maximum Gasteiger partial charge on any atom is 0.355 e. The number of carboxylic acids is 1. The number of carboxylic acid groups (broad SMARTS) is 1. The van der Waals surface area contributed by atoms with Crippen molar-refractivity contribution in [3.8, 4) is 11.1 Å². The smallest absolute Gasteiger partial charge is 0.355 e. The molecule has 6 nitrogen and oxygen atoms in total. The molecule has 0 spiro atoms. The molecule has 0 saturated heterocycles. The van der Waals surface area contributed by atoms with Crippen molar-refractivity contribution in [2.45, 2.75) is 58.9 Å². The van der Waals surface area contributed by atoms with Gasteiger partial charge in [0.25, 0.3) is 0 Å². The first kappa shape index (κ1) is 20.7. The van der Waals surface area contributed by atoms with Crippen LogP contribution in [-0.2, 0) is 19.4 Å².